The number of amides is 3. The average Bonchev–Trinajstić information content (AvgIpc) is 2.85. The van der Waals surface area contributed by atoms with E-state index >= 15 is 0 Å². The van der Waals surface area contributed by atoms with Gasteiger partial charge in [-0.25, -0.2) is 0 Å². The van der Waals surface area contributed by atoms with Crippen molar-refractivity contribution in [1.29, 1.82) is 0 Å². The van der Waals surface area contributed by atoms with E-state index in [9.17, 15) is 14.4 Å². The number of benzene rings is 2. The second-order valence-electron chi connectivity index (χ2n) is 8.31. The highest BCUT2D eigenvalue weighted by Gasteiger charge is 2.18. The first kappa shape index (κ1) is 26.9. The summed E-state index contributed by atoms with van der Waals surface area (Å²) in [5, 5.41) is 5.34. The van der Waals surface area contributed by atoms with Crippen molar-refractivity contribution < 1.29 is 19.1 Å². The largest absolute Gasteiger partial charge is 0.497 e. The van der Waals surface area contributed by atoms with E-state index in [4.69, 9.17) is 4.74 Å². The molecule has 0 heterocycles. The van der Waals surface area contributed by atoms with Crippen molar-refractivity contribution in [3.63, 3.8) is 0 Å². The second kappa shape index (κ2) is 15.5. The molecular formula is C27H37N3O4. The zero-order valence-electron chi connectivity index (χ0n) is 20.3. The number of anilines is 1. The van der Waals surface area contributed by atoms with Crippen molar-refractivity contribution in [2.24, 2.45) is 0 Å². The molecule has 0 unspecified atom stereocenters. The van der Waals surface area contributed by atoms with Crippen molar-refractivity contribution in [2.45, 2.75) is 58.4 Å². The summed E-state index contributed by atoms with van der Waals surface area (Å²) < 4.78 is 5.10. The molecule has 0 fully saturated rings. The number of nitrogens with one attached hydrogen (secondary N) is 2. The summed E-state index contributed by atoms with van der Waals surface area (Å²) in [7, 11) is 1.57. The summed E-state index contributed by atoms with van der Waals surface area (Å²) in [5.74, 6) is -0.0590. The monoisotopic (exact) mass is 467 g/mol. The van der Waals surface area contributed by atoms with E-state index in [1.54, 1.807) is 36.3 Å². The van der Waals surface area contributed by atoms with Gasteiger partial charge in [-0.3, -0.25) is 14.4 Å². The Labute approximate surface area is 202 Å². The third-order valence-electron chi connectivity index (χ3n) is 5.47. The van der Waals surface area contributed by atoms with Crippen LogP contribution in [0.25, 0.3) is 0 Å². The third kappa shape index (κ3) is 10.5. The molecular weight excluding hydrogens is 430 g/mol. The van der Waals surface area contributed by atoms with Gasteiger partial charge in [0.2, 0.25) is 17.7 Å². The van der Waals surface area contributed by atoms with Gasteiger partial charge in [0.05, 0.1) is 20.2 Å². The molecule has 2 aromatic rings. The number of carbonyl (C=O) groups excluding carboxylic acids is 3. The standard InChI is InChI=1S/C27H37N3O4/c1-3-4-5-6-7-11-14-27(33)30(20-22-12-9-8-10-13-22)21-26(32)28-19-25(31)29-23-15-17-24(34-2)18-16-23/h8-10,12-13,15-18H,3-7,11,14,19-21H2,1-2H3,(H,28,32)(H,29,31). The Bertz CT molecular complexity index is 885. The fourth-order valence-electron chi connectivity index (χ4n) is 3.54. The van der Waals surface area contributed by atoms with E-state index in [1.807, 2.05) is 30.3 Å². The van der Waals surface area contributed by atoms with E-state index < -0.39 is 0 Å². The van der Waals surface area contributed by atoms with Gasteiger partial charge in [-0.2, -0.15) is 0 Å². The van der Waals surface area contributed by atoms with Crippen molar-refractivity contribution >= 4 is 23.4 Å². The Morgan fingerprint density at radius 2 is 1.53 bits per heavy atom. The van der Waals surface area contributed by atoms with Crippen LogP contribution in [0.4, 0.5) is 5.69 Å². The van der Waals surface area contributed by atoms with Crippen LogP contribution in [-0.4, -0.2) is 42.8 Å². The zero-order chi connectivity index (χ0) is 24.6. The van der Waals surface area contributed by atoms with E-state index in [2.05, 4.69) is 17.6 Å². The maximum atomic E-state index is 12.9. The number of rotatable bonds is 15. The summed E-state index contributed by atoms with van der Waals surface area (Å²) in [6.07, 6.45) is 6.99. The molecule has 0 saturated carbocycles. The van der Waals surface area contributed by atoms with Crippen molar-refractivity contribution in [3.05, 3.63) is 60.2 Å². The molecule has 0 spiro atoms. The lowest BCUT2D eigenvalue weighted by Gasteiger charge is -2.22. The Kier molecular flexibility index (Phi) is 12.2. The molecule has 7 nitrogen and oxygen atoms in total. The molecule has 2 rings (SSSR count). The number of hydrogen-bond acceptors (Lipinski definition) is 4. The smallest absolute Gasteiger partial charge is 0.243 e. The van der Waals surface area contributed by atoms with Gasteiger partial charge < -0.3 is 20.3 Å². The van der Waals surface area contributed by atoms with Crippen LogP contribution in [0.2, 0.25) is 0 Å². The first-order valence-corrected chi connectivity index (χ1v) is 12.0. The molecule has 3 amide bonds. The van der Waals surface area contributed by atoms with Gasteiger partial charge in [-0.15, -0.1) is 0 Å². The van der Waals surface area contributed by atoms with E-state index in [-0.39, 0.29) is 30.8 Å². The van der Waals surface area contributed by atoms with Crippen LogP contribution in [0.1, 0.15) is 57.4 Å². The average molecular weight is 468 g/mol. The van der Waals surface area contributed by atoms with Crippen molar-refractivity contribution in [2.75, 3.05) is 25.5 Å². The molecule has 7 heteroatoms. The molecule has 2 N–H and O–H groups in total. The fourth-order valence-corrected chi connectivity index (χ4v) is 3.54. The number of hydrogen-bond donors (Lipinski definition) is 2. The summed E-state index contributed by atoms with van der Waals surface area (Å²) in [5.41, 5.74) is 1.57. The molecule has 184 valence electrons. The Balaban J connectivity index is 1.84. The first-order valence-electron chi connectivity index (χ1n) is 12.0. The normalized spacial score (nSPS) is 10.4. The minimum absolute atomic E-state index is 0.0443. The number of ether oxygens (including phenoxy) is 1. The van der Waals surface area contributed by atoms with Gasteiger partial charge in [-0.05, 0) is 36.2 Å². The van der Waals surface area contributed by atoms with Crippen LogP contribution in [0.3, 0.4) is 0 Å². The third-order valence-corrected chi connectivity index (χ3v) is 5.47. The topological polar surface area (TPSA) is 87.7 Å². The lowest BCUT2D eigenvalue weighted by Crippen LogP contribution is -2.42. The summed E-state index contributed by atoms with van der Waals surface area (Å²) in [6.45, 7) is 2.29. The molecule has 0 aliphatic carbocycles. The number of nitrogens with zero attached hydrogens (tertiary/aromatic N) is 1. The van der Waals surface area contributed by atoms with E-state index in [0.29, 0.717) is 24.4 Å². The SMILES string of the molecule is CCCCCCCCC(=O)N(CC(=O)NCC(=O)Nc1ccc(OC)cc1)Cc1ccccc1. The Hall–Kier alpha value is -3.35. The van der Waals surface area contributed by atoms with Crippen LogP contribution in [-0.2, 0) is 20.9 Å². The maximum Gasteiger partial charge on any atom is 0.243 e. The van der Waals surface area contributed by atoms with E-state index in [0.717, 1.165) is 24.8 Å². The molecule has 0 aliphatic rings. The van der Waals surface area contributed by atoms with E-state index in [1.165, 1.54) is 19.3 Å². The number of methoxy groups -OCH3 is 1. The number of carbonyl (C=O) groups is 3. The summed E-state index contributed by atoms with van der Waals surface area (Å²) in [4.78, 5) is 39.2. The van der Waals surface area contributed by atoms with Gasteiger partial charge in [0, 0.05) is 18.7 Å². The fraction of sp³-hybridized carbons (Fsp3) is 0.444. The Morgan fingerprint density at radius 1 is 0.853 bits per heavy atom. The summed E-state index contributed by atoms with van der Waals surface area (Å²) >= 11 is 0. The minimum atomic E-state index is -0.364. The highest BCUT2D eigenvalue weighted by atomic mass is 16.5. The predicted octanol–water partition coefficient (Wildman–Crippen LogP) is 4.53. The molecule has 0 saturated heterocycles. The minimum Gasteiger partial charge on any atom is -0.497 e. The van der Waals surface area contributed by atoms with Crippen LogP contribution in [0, 0.1) is 0 Å². The molecule has 0 bridgehead atoms. The van der Waals surface area contributed by atoms with Crippen LogP contribution in [0.5, 0.6) is 5.75 Å². The lowest BCUT2D eigenvalue weighted by molar-refractivity contribution is -0.137. The molecule has 0 atom stereocenters. The van der Waals surface area contributed by atoms with Crippen LogP contribution < -0.4 is 15.4 Å². The maximum absolute atomic E-state index is 12.9. The van der Waals surface area contributed by atoms with Gasteiger partial charge >= 0.3 is 0 Å². The predicted molar refractivity (Wildman–Crippen MR) is 134 cm³/mol. The molecule has 2 aromatic carbocycles. The van der Waals surface area contributed by atoms with Gasteiger partial charge in [0.1, 0.15) is 5.75 Å². The van der Waals surface area contributed by atoms with Crippen molar-refractivity contribution in [3.8, 4) is 5.75 Å². The molecule has 0 radical (unpaired) electrons. The van der Waals surface area contributed by atoms with Crippen molar-refractivity contribution in [1.82, 2.24) is 10.2 Å². The molecule has 34 heavy (non-hydrogen) atoms. The molecule has 0 aromatic heterocycles. The lowest BCUT2D eigenvalue weighted by atomic mass is 10.1. The molecule has 0 aliphatic heterocycles. The summed E-state index contributed by atoms with van der Waals surface area (Å²) in [6, 6.07) is 16.5. The number of unbranched alkanes of at least 4 members (excludes halogenated alkanes) is 5. The van der Waals surface area contributed by atoms with Crippen LogP contribution in [0.15, 0.2) is 54.6 Å². The quantitative estimate of drug-likeness (QED) is 0.377. The Morgan fingerprint density at radius 3 is 2.21 bits per heavy atom. The highest BCUT2D eigenvalue weighted by molar-refractivity contribution is 5.95. The van der Waals surface area contributed by atoms with Crippen LogP contribution >= 0.6 is 0 Å². The second-order valence-corrected chi connectivity index (χ2v) is 8.31. The van der Waals surface area contributed by atoms with Gasteiger partial charge in [-0.1, -0.05) is 69.4 Å². The zero-order valence-corrected chi connectivity index (χ0v) is 20.3. The highest BCUT2D eigenvalue weighted by Crippen LogP contribution is 2.15. The van der Waals surface area contributed by atoms with Gasteiger partial charge in [0.15, 0.2) is 0 Å². The first-order chi connectivity index (χ1) is 16.5. The van der Waals surface area contributed by atoms with Gasteiger partial charge in [0.25, 0.3) is 0 Å².